The highest BCUT2D eigenvalue weighted by atomic mass is 19.1. The van der Waals surface area contributed by atoms with Gasteiger partial charge >= 0.3 is 0 Å². The third kappa shape index (κ3) is 3.26. The first-order chi connectivity index (χ1) is 11.2. The number of aryl methyl sites for hydroxylation is 1. The first-order valence-electron chi connectivity index (χ1n) is 7.25. The fraction of sp³-hybridized carbons (Fsp3) is 0.0526. The minimum Gasteiger partial charge on any atom is -0.405 e. The molecule has 0 fully saturated rings. The van der Waals surface area contributed by atoms with Gasteiger partial charge in [-0.05, 0) is 43.5 Å². The number of rotatable bonds is 3. The van der Waals surface area contributed by atoms with Crippen LogP contribution in [0.2, 0.25) is 0 Å². The average molecular weight is 305 g/mol. The lowest BCUT2D eigenvalue weighted by molar-refractivity contribution is 0.629. The lowest BCUT2D eigenvalue weighted by Gasteiger charge is -2.06. The minimum absolute atomic E-state index is 0.312. The Hall–Kier alpha value is -3.01. The number of hydrogen-bond acceptors (Lipinski definition) is 3. The highest BCUT2D eigenvalue weighted by molar-refractivity contribution is 6.11. The summed E-state index contributed by atoms with van der Waals surface area (Å²) < 4.78 is 13.6. The van der Waals surface area contributed by atoms with Crippen molar-refractivity contribution < 1.29 is 4.39 Å². The molecule has 0 unspecified atom stereocenters. The number of aromatic nitrogens is 1. The third-order valence-electron chi connectivity index (χ3n) is 3.52. The minimum atomic E-state index is -0.312. The van der Waals surface area contributed by atoms with E-state index in [0.29, 0.717) is 22.3 Å². The summed E-state index contributed by atoms with van der Waals surface area (Å²) in [5.74, 6) is -0.312. The fourth-order valence-corrected chi connectivity index (χ4v) is 2.34. The third-order valence-corrected chi connectivity index (χ3v) is 3.52. The topological polar surface area (TPSA) is 51.3 Å². The molecule has 0 radical (unpaired) electrons. The predicted octanol–water partition coefficient (Wildman–Crippen LogP) is 4.28. The molecule has 2 N–H and O–H groups in total. The van der Waals surface area contributed by atoms with Crippen LogP contribution in [0.3, 0.4) is 0 Å². The van der Waals surface area contributed by atoms with E-state index < -0.39 is 0 Å². The smallest absolute Gasteiger partial charge is 0.124 e. The molecular weight excluding hydrogens is 289 g/mol. The van der Waals surface area contributed by atoms with Crippen LogP contribution in [0, 0.1) is 12.7 Å². The van der Waals surface area contributed by atoms with Crippen molar-refractivity contribution in [2.75, 3.05) is 0 Å². The molecule has 0 aliphatic carbocycles. The molecule has 0 saturated carbocycles. The number of fused-ring (bicyclic) bond motifs is 1. The van der Waals surface area contributed by atoms with Gasteiger partial charge in [-0.1, -0.05) is 29.8 Å². The zero-order valence-corrected chi connectivity index (χ0v) is 12.7. The maximum atomic E-state index is 13.6. The van der Waals surface area contributed by atoms with Gasteiger partial charge in [0.1, 0.15) is 5.82 Å². The van der Waals surface area contributed by atoms with Crippen LogP contribution in [-0.2, 0) is 0 Å². The molecule has 114 valence electrons. The monoisotopic (exact) mass is 305 g/mol. The Morgan fingerprint density at radius 3 is 2.65 bits per heavy atom. The van der Waals surface area contributed by atoms with E-state index in [9.17, 15) is 4.39 Å². The van der Waals surface area contributed by atoms with Crippen molar-refractivity contribution in [1.29, 1.82) is 0 Å². The Balaban J connectivity index is 2.17. The molecule has 1 aromatic heterocycles. The van der Waals surface area contributed by atoms with E-state index in [4.69, 9.17) is 5.73 Å². The SMILES string of the molecule is Cc1ccc(C(C=CN)=Nc2ccnc3ccc(F)cc23)cc1. The summed E-state index contributed by atoms with van der Waals surface area (Å²) in [6.45, 7) is 2.03. The highest BCUT2D eigenvalue weighted by Crippen LogP contribution is 2.26. The van der Waals surface area contributed by atoms with Gasteiger partial charge in [-0.15, -0.1) is 0 Å². The van der Waals surface area contributed by atoms with Crippen molar-refractivity contribution in [3.63, 3.8) is 0 Å². The van der Waals surface area contributed by atoms with E-state index in [1.807, 2.05) is 31.2 Å². The van der Waals surface area contributed by atoms with Gasteiger partial charge in [0.2, 0.25) is 0 Å². The maximum absolute atomic E-state index is 13.6. The van der Waals surface area contributed by atoms with Crippen molar-refractivity contribution in [3.05, 3.63) is 83.9 Å². The lowest BCUT2D eigenvalue weighted by atomic mass is 10.1. The van der Waals surface area contributed by atoms with Crippen LogP contribution in [0.25, 0.3) is 10.9 Å². The zero-order chi connectivity index (χ0) is 16.2. The number of hydrogen-bond donors (Lipinski definition) is 1. The molecule has 0 aliphatic heterocycles. The van der Waals surface area contributed by atoms with Crippen LogP contribution in [0.4, 0.5) is 10.1 Å². The van der Waals surface area contributed by atoms with Crippen LogP contribution in [0.1, 0.15) is 11.1 Å². The second-order valence-electron chi connectivity index (χ2n) is 5.21. The number of pyridine rings is 1. The molecule has 0 bridgehead atoms. The highest BCUT2D eigenvalue weighted by Gasteiger charge is 2.05. The molecule has 1 heterocycles. The largest absolute Gasteiger partial charge is 0.405 e. The number of aliphatic imine (C=N–C) groups is 1. The number of benzene rings is 2. The number of nitrogens with two attached hydrogens (primary N) is 1. The van der Waals surface area contributed by atoms with Crippen molar-refractivity contribution >= 4 is 22.3 Å². The Labute approximate surface area is 134 Å². The van der Waals surface area contributed by atoms with Gasteiger partial charge in [0.05, 0.1) is 16.9 Å². The molecule has 0 aliphatic rings. The van der Waals surface area contributed by atoms with Gasteiger partial charge in [0.15, 0.2) is 0 Å². The zero-order valence-electron chi connectivity index (χ0n) is 12.7. The predicted molar refractivity (Wildman–Crippen MR) is 92.4 cm³/mol. The lowest BCUT2D eigenvalue weighted by Crippen LogP contribution is -1.98. The van der Waals surface area contributed by atoms with Gasteiger partial charge in [-0.25, -0.2) is 9.38 Å². The molecule has 0 spiro atoms. The molecule has 0 saturated heterocycles. The van der Waals surface area contributed by atoms with E-state index in [1.54, 1.807) is 24.4 Å². The number of halogens is 1. The maximum Gasteiger partial charge on any atom is 0.124 e. The van der Waals surface area contributed by atoms with Crippen LogP contribution in [-0.4, -0.2) is 10.7 Å². The molecule has 0 atom stereocenters. The molecule has 0 amide bonds. The van der Waals surface area contributed by atoms with Crippen LogP contribution in [0.5, 0.6) is 0 Å². The summed E-state index contributed by atoms with van der Waals surface area (Å²) in [5, 5.41) is 0.669. The van der Waals surface area contributed by atoms with Gasteiger partial charge in [0, 0.05) is 17.1 Å². The Morgan fingerprint density at radius 2 is 1.91 bits per heavy atom. The van der Waals surface area contributed by atoms with E-state index in [2.05, 4.69) is 9.98 Å². The summed E-state index contributed by atoms with van der Waals surface area (Å²) in [4.78, 5) is 8.90. The molecule has 2 aromatic carbocycles. The first-order valence-corrected chi connectivity index (χ1v) is 7.25. The average Bonchev–Trinajstić information content (AvgIpc) is 2.56. The van der Waals surface area contributed by atoms with Gasteiger partial charge < -0.3 is 5.73 Å². The second-order valence-corrected chi connectivity index (χ2v) is 5.21. The van der Waals surface area contributed by atoms with Gasteiger partial charge in [0.25, 0.3) is 0 Å². The van der Waals surface area contributed by atoms with Gasteiger partial charge in [-0.3, -0.25) is 4.98 Å². The Bertz CT molecular complexity index is 896. The molecule has 3 nitrogen and oxygen atoms in total. The van der Waals surface area contributed by atoms with Crippen LogP contribution in [0.15, 0.2) is 72.0 Å². The molecule has 4 heteroatoms. The molecular formula is C19H16FN3. The number of allylic oxidation sites excluding steroid dienone is 1. The van der Waals surface area contributed by atoms with Crippen molar-refractivity contribution in [2.45, 2.75) is 6.92 Å². The fourth-order valence-electron chi connectivity index (χ4n) is 2.34. The van der Waals surface area contributed by atoms with Crippen molar-refractivity contribution in [3.8, 4) is 0 Å². The summed E-state index contributed by atoms with van der Waals surface area (Å²) >= 11 is 0. The number of nitrogens with zero attached hydrogens (tertiary/aromatic N) is 2. The quantitative estimate of drug-likeness (QED) is 0.734. The van der Waals surface area contributed by atoms with Crippen molar-refractivity contribution in [2.24, 2.45) is 10.7 Å². The van der Waals surface area contributed by atoms with E-state index >= 15 is 0 Å². The van der Waals surface area contributed by atoms with E-state index in [0.717, 1.165) is 5.56 Å². The van der Waals surface area contributed by atoms with Crippen molar-refractivity contribution in [1.82, 2.24) is 4.98 Å². The molecule has 23 heavy (non-hydrogen) atoms. The first kappa shape index (κ1) is 14.9. The van der Waals surface area contributed by atoms with Crippen LogP contribution >= 0.6 is 0 Å². The Morgan fingerprint density at radius 1 is 1.13 bits per heavy atom. The van der Waals surface area contributed by atoms with Gasteiger partial charge in [-0.2, -0.15) is 0 Å². The summed E-state index contributed by atoms with van der Waals surface area (Å²) in [6.07, 6.45) is 4.84. The van der Waals surface area contributed by atoms with E-state index in [-0.39, 0.29) is 5.82 Å². The molecule has 3 rings (SSSR count). The second kappa shape index (κ2) is 6.40. The normalized spacial score (nSPS) is 12.2. The summed E-state index contributed by atoms with van der Waals surface area (Å²) in [5.41, 5.74) is 9.73. The summed E-state index contributed by atoms with van der Waals surface area (Å²) in [6, 6.07) is 14.2. The Kier molecular flexibility index (Phi) is 4.15. The van der Waals surface area contributed by atoms with E-state index in [1.165, 1.54) is 23.9 Å². The summed E-state index contributed by atoms with van der Waals surface area (Å²) in [7, 11) is 0. The standard InChI is InChI=1S/C19H16FN3/c1-13-2-4-14(5-3-13)17(8-10-21)23-19-9-11-22-18-7-6-15(20)12-16(18)19/h2-12H,21H2,1H3. The van der Waals surface area contributed by atoms with Crippen LogP contribution < -0.4 is 5.73 Å². The molecule has 3 aromatic rings.